The molecule has 3 aliphatic heterocycles. The van der Waals surface area contributed by atoms with E-state index in [2.05, 4.69) is 50.5 Å². The maximum Gasteiger partial charge on any atom is 0.268 e. The van der Waals surface area contributed by atoms with Gasteiger partial charge in [0.2, 0.25) is 5.88 Å². The molecule has 4 aliphatic rings. The highest BCUT2D eigenvalue weighted by atomic mass is 35.5. The fourth-order valence-corrected chi connectivity index (χ4v) is 9.35. The van der Waals surface area contributed by atoms with E-state index >= 15 is 0 Å². The van der Waals surface area contributed by atoms with Crippen molar-refractivity contribution in [2.45, 2.75) is 51.0 Å². The van der Waals surface area contributed by atoms with E-state index in [-0.39, 0.29) is 38.4 Å². The number of aliphatic imine (C=N–C) groups is 1. The topological polar surface area (TPSA) is 123 Å². The second-order valence-corrected chi connectivity index (χ2v) is 18.7. The van der Waals surface area contributed by atoms with Crippen LogP contribution in [0.3, 0.4) is 0 Å². The van der Waals surface area contributed by atoms with E-state index in [1.807, 2.05) is 42.5 Å². The summed E-state index contributed by atoms with van der Waals surface area (Å²) in [4.78, 5) is 26.9. The molecule has 2 fully saturated rings. The number of ether oxygens (including phenoxy) is 3. The molecule has 3 aromatic carbocycles. The highest BCUT2D eigenvalue weighted by Crippen LogP contribution is 2.43. The average molecular weight is 845 g/mol. The first kappa shape index (κ1) is 40.3. The number of anilines is 1. The van der Waals surface area contributed by atoms with Crippen LogP contribution in [0.25, 0.3) is 5.57 Å². The molecule has 1 unspecified atom stereocenters. The second kappa shape index (κ2) is 17.0. The zero-order valence-corrected chi connectivity index (χ0v) is 35.0. The quantitative estimate of drug-likeness (QED) is 0.150. The Hall–Kier alpha value is -4.46. The number of rotatable bonds is 12. The molecule has 1 atom stereocenters. The molecule has 58 heavy (non-hydrogen) atoms. The van der Waals surface area contributed by atoms with Crippen LogP contribution in [-0.2, 0) is 21.3 Å². The van der Waals surface area contributed by atoms with Crippen LogP contribution in [0.2, 0.25) is 10.0 Å². The van der Waals surface area contributed by atoms with Crippen molar-refractivity contribution in [3.8, 4) is 17.4 Å². The highest BCUT2D eigenvalue weighted by molar-refractivity contribution is 7.90. The van der Waals surface area contributed by atoms with Crippen molar-refractivity contribution in [3.05, 3.63) is 111 Å². The largest absolute Gasteiger partial charge is 0.476 e. The Balaban J connectivity index is 0.996. The van der Waals surface area contributed by atoms with Gasteiger partial charge >= 0.3 is 0 Å². The lowest BCUT2D eigenvalue weighted by atomic mass is 9.72. The number of pyridine rings is 1. The summed E-state index contributed by atoms with van der Waals surface area (Å²) in [5, 5.41) is 0.760. The molecular formula is C44H47Cl2N5O6S. The van der Waals surface area contributed by atoms with E-state index < -0.39 is 15.9 Å². The minimum atomic E-state index is -4.38. The van der Waals surface area contributed by atoms with Crippen LogP contribution in [0.4, 0.5) is 5.69 Å². The van der Waals surface area contributed by atoms with Crippen LogP contribution in [0.5, 0.6) is 17.4 Å². The van der Waals surface area contributed by atoms with Crippen molar-refractivity contribution in [3.63, 3.8) is 0 Å². The van der Waals surface area contributed by atoms with Gasteiger partial charge in [-0.3, -0.25) is 14.7 Å². The number of amides is 1. The number of carbonyl (C=O) groups is 1. The maximum absolute atomic E-state index is 13.9. The summed E-state index contributed by atoms with van der Waals surface area (Å²) in [7, 11) is -4.38. The summed E-state index contributed by atoms with van der Waals surface area (Å²) in [5.41, 5.74) is 7.16. The predicted molar refractivity (Wildman–Crippen MR) is 227 cm³/mol. The van der Waals surface area contributed by atoms with Gasteiger partial charge in [-0.25, -0.2) is 18.1 Å². The van der Waals surface area contributed by atoms with Crippen LogP contribution in [-0.4, -0.2) is 83.0 Å². The third-order valence-electron chi connectivity index (χ3n) is 11.4. The number of hydrogen-bond acceptors (Lipinski definition) is 10. The van der Waals surface area contributed by atoms with Gasteiger partial charge in [-0.1, -0.05) is 66.9 Å². The SMILES string of the molecule is CC1(C)CCC(CN2CCN(c3ccc(C(=O)NS(=O)(=O)c4cnc(OCC5CCOC5)c(Cl)c4)c(Oc4cccc5c4C=NC5)c3)CC2)=C(c2ccc(Cl)cc2)C1. The number of aromatic nitrogens is 1. The first-order chi connectivity index (χ1) is 27.9. The van der Waals surface area contributed by atoms with Gasteiger partial charge in [-0.15, -0.1) is 0 Å². The Kier molecular flexibility index (Phi) is 11.8. The predicted octanol–water partition coefficient (Wildman–Crippen LogP) is 8.43. The van der Waals surface area contributed by atoms with Gasteiger partial charge < -0.3 is 19.1 Å². The van der Waals surface area contributed by atoms with Crippen LogP contribution >= 0.6 is 23.2 Å². The summed E-state index contributed by atoms with van der Waals surface area (Å²) < 4.78 is 46.9. The van der Waals surface area contributed by atoms with Crippen molar-refractivity contribution in [2.24, 2.45) is 16.3 Å². The number of halogens is 2. The first-order valence-electron chi connectivity index (χ1n) is 19.7. The summed E-state index contributed by atoms with van der Waals surface area (Å²) in [6.07, 6.45) is 7.00. The second-order valence-electron chi connectivity index (χ2n) is 16.2. The molecule has 0 radical (unpaired) electrons. The third-order valence-corrected chi connectivity index (χ3v) is 13.2. The monoisotopic (exact) mass is 843 g/mol. The Morgan fingerprint density at radius 3 is 2.59 bits per heavy atom. The Morgan fingerprint density at radius 1 is 1.02 bits per heavy atom. The van der Waals surface area contributed by atoms with E-state index in [1.165, 1.54) is 22.8 Å². The van der Waals surface area contributed by atoms with E-state index in [9.17, 15) is 13.2 Å². The fraction of sp³-hybridized carbons (Fsp3) is 0.386. The zero-order valence-electron chi connectivity index (χ0n) is 32.7. The van der Waals surface area contributed by atoms with E-state index in [0.29, 0.717) is 32.1 Å². The summed E-state index contributed by atoms with van der Waals surface area (Å²) in [6, 6.07) is 20.4. The maximum atomic E-state index is 13.9. The molecule has 1 amide bonds. The van der Waals surface area contributed by atoms with Crippen molar-refractivity contribution >= 4 is 56.6 Å². The lowest BCUT2D eigenvalue weighted by Crippen LogP contribution is -2.47. The molecule has 0 saturated carbocycles. The van der Waals surface area contributed by atoms with Crippen molar-refractivity contribution in [1.82, 2.24) is 14.6 Å². The number of sulfonamides is 1. The number of nitrogens with one attached hydrogen (secondary N) is 1. The zero-order chi connectivity index (χ0) is 40.4. The molecule has 8 rings (SSSR count). The lowest BCUT2D eigenvalue weighted by Gasteiger charge is -2.39. The van der Waals surface area contributed by atoms with Gasteiger partial charge in [0, 0.05) is 73.8 Å². The third kappa shape index (κ3) is 9.21. The molecule has 0 spiro atoms. The van der Waals surface area contributed by atoms with Crippen molar-refractivity contribution in [1.29, 1.82) is 0 Å². The van der Waals surface area contributed by atoms with Gasteiger partial charge in [-0.05, 0) is 84.2 Å². The van der Waals surface area contributed by atoms with E-state index in [1.54, 1.807) is 12.3 Å². The van der Waals surface area contributed by atoms with Crippen molar-refractivity contribution < 1.29 is 27.4 Å². The molecule has 4 aromatic rings. The average Bonchev–Trinajstić information content (AvgIpc) is 3.92. The van der Waals surface area contributed by atoms with E-state index in [4.69, 9.17) is 37.4 Å². The van der Waals surface area contributed by atoms with Gasteiger partial charge in [0.1, 0.15) is 21.4 Å². The fourth-order valence-electron chi connectivity index (χ4n) is 8.00. The summed E-state index contributed by atoms with van der Waals surface area (Å²) in [5.74, 6) is 0.214. The molecule has 4 heterocycles. The number of benzene rings is 3. The number of carbonyl (C=O) groups excluding carboxylic acids is 1. The lowest BCUT2D eigenvalue weighted by molar-refractivity contribution is 0.0979. The minimum Gasteiger partial charge on any atom is -0.476 e. The molecule has 1 N–H and O–H groups in total. The molecule has 2 saturated heterocycles. The number of piperazine rings is 1. The number of allylic oxidation sites excluding steroid dienone is 1. The van der Waals surface area contributed by atoms with Gasteiger partial charge in [0.05, 0.1) is 31.5 Å². The van der Waals surface area contributed by atoms with Gasteiger partial charge in [-0.2, -0.15) is 0 Å². The van der Waals surface area contributed by atoms with Crippen LogP contribution in [0.15, 0.2) is 88.4 Å². The molecule has 14 heteroatoms. The standard InChI is InChI=1S/C44H47Cl2N5O6S/c1-44(2)14-12-32(37(22-44)30-6-8-33(45)9-7-30)26-50-15-17-51(18-16-50)34-10-11-36(41(20-34)57-40-5-3-4-31-23-47-25-38(31)40)42(52)49-58(53,54)35-21-39(46)43(48-24-35)56-28-29-13-19-55-27-29/h3-11,20-21,24-25,29H,12-19,22-23,26-28H2,1-2H3,(H,49,52). The van der Waals surface area contributed by atoms with Gasteiger partial charge in [0.25, 0.3) is 15.9 Å². The van der Waals surface area contributed by atoms with Crippen LogP contribution in [0.1, 0.15) is 66.6 Å². The molecule has 1 aromatic heterocycles. The summed E-state index contributed by atoms with van der Waals surface area (Å²) in [6.45, 7) is 11.0. The minimum absolute atomic E-state index is 0.0173. The highest BCUT2D eigenvalue weighted by Gasteiger charge is 2.30. The number of nitrogens with zero attached hydrogens (tertiary/aromatic N) is 4. The van der Waals surface area contributed by atoms with Crippen molar-refractivity contribution in [2.75, 3.05) is 57.4 Å². The first-order valence-corrected chi connectivity index (χ1v) is 22.0. The van der Waals surface area contributed by atoms with E-state index in [0.717, 1.165) is 86.4 Å². The molecule has 0 bridgehead atoms. The Morgan fingerprint density at radius 2 is 1.83 bits per heavy atom. The number of hydrogen-bond donors (Lipinski definition) is 1. The van der Waals surface area contributed by atoms with Crippen LogP contribution < -0.4 is 19.1 Å². The normalized spacial score (nSPS) is 19.3. The number of fused-ring (bicyclic) bond motifs is 1. The van der Waals surface area contributed by atoms with Gasteiger partial charge in [0.15, 0.2) is 0 Å². The Labute approximate surface area is 350 Å². The van der Waals surface area contributed by atoms with Crippen LogP contribution in [0, 0.1) is 11.3 Å². The molecular weight excluding hydrogens is 797 g/mol. The molecule has 1 aliphatic carbocycles. The summed E-state index contributed by atoms with van der Waals surface area (Å²) >= 11 is 12.6. The smallest absolute Gasteiger partial charge is 0.268 e. The Bertz CT molecular complexity index is 2350. The molecule has 11 nitrogen and oxygen atoms in total. The molecule has 304 valence electrons.